The van der Waals surface area contributed by atoms with E-state index in [9.17, 15) is 10.2 Å². The van der Waals surface area contributed by atoms with E-state index in [1.807, 2.05) is 54.2 Å². The zero-order chi connectivity index (χ0) is 31.6. The van der Waals surface area contributed by atoms with Gasteiger partial charge in [-0.2, -0.15) is 15.1 Å². The van der Waals surface area contributed by atoms with Gasteiger partial charge >= 0.3 is 0 Å². The highest BCUT2D eigenvalue weighted by atomic mass is 16.6. The number of H-pyrrole nitrogens is 1. The predicted molar refractivity (Wildman–Crippen MR) is 170 cm³/mol. The van der Waals surface area contributed by atoms with Crippen LogP contribution in [0.1, 0.15) is 46.7 Å². The van der Waals surface area contributed by atoms with Crippen LogP contribution in [0.2, 0.25) is 0 Å². The minimum atomic E-state index is -1.28. The van der Waals surface area contributed by atoms with Crippen LogP contribution in [0.3, 0.4) is 0 Å². The third kappa shape index (κ3) is 5.92. The average molecular weight is 622 g/mol. The van der Waals surface area contributed by atoms with E-state index in [2.05, 4.69) is 60.0 Å². The summed E-state index contributed by atoms with van der Waals surface area (Å²) in [6.45, 7) is 2.83. The highest BCUT2D eigenvalue weighted by Gasteiger charge is 2.47. The molecule has 4 atom stereocenters. The number of hydrogen-bond acceptors (Lipinski definition) is 11. The molecule has 7 rings (SSSR count). The highest BCUT2D eigenvalue weighted by molar-refractivity contribution is 5.84. The van der Waals surface area contributed by atoms with Crippen molar-refractivity contribution >= 4 is 22.9 Å². The van der Waals surface area contributed by atoms with Crippen molar-refractivity contribution < 1.29 is 14.9 Å². The number of aryl methyl sites for hydroxylation is 2. The Bertz CT molecular complexity index is 1870. The Hall–Kier alpha value is -5.18. The fraction of sp³-hybridized carbons (Fsp3) is 0.312. The van der Waals surface area contributed by atoms with E-state index >= 15 is 0 Å². The van der Waals surface area contributed by atoms with Gasteiger partial charge in [-0.3, -0.25) is 9.67 Å². The van der Waals surface area contributed by atoms with Crippen LogP contribution in [-0.4, -0.2) is 79.8 Å². The molecule has 0 amide bonds. The molecule has 0 bridgehead atoms. The molecule has 236 valence electrons. The van der Waals surface area contributed by atoms with Gasteiger partial charge in [0.25, 0.3) is 0 Å². The lowest BCUT2D eigenvalue weighted by Crippen LogP contribution is -2.29. The Kier molecular flexibility index (Phi) is 8.13. The van der Waals surface area contributed by atoms with Crippen molar-refractivity contribution in [3.8, 4) is 0 Å². The fourth-order valence-corrected chi connectivity index (χ4v) is 5.79. The maximum Gasteiger partial charge on any atom is 0.226 e. The summed E-state index contributed by atoms with van der Waals surface area (Å²) in [6, 6.07) is 20.6. The number of nitrogens with zero attached hydrogens (tertiary/aromatic N) is 8. The summed E-state index contributed by atoms with van der Waals surface area (Å²) < 4.78 is 9.66. The van der Waals surface area contributed by atoms with Crippen LogP contribution >= 0.6 is 0 Å². The topological polar surface area (TPSA) is 177 Å². The maximum atomic E-state index is 11.1. The lowest BCUT2D eigenvalue weighted by atomic mass is 9.91. The quantitative estimate of drug-likeness (QED) is 0.144. The van der Waals surface area contributed by atoms with E-state index in [1.165, 1.54) is 0 Å². The molecule has 1 fully saturated rings. The molecule has 14 heteroatoms. The molecule has 0 aliphatic carbocycles. The van der Waals surface area contributed by atoms with Gasteiger partial charge < -0.3 is 30.2 Å². The Balaban J connectivity index is 1.21. The van der Waals surface area contributed by atoms with Gasteiger partial charge in [0.05, 0.1) is 18.3 Å². The fourth-order valence-electron chi connectivity index (χ4n) is 5.79. The molecule has 0 saturated carbocycles. The molecule has 6 aromatic rings. The number of aliphatic hydroxyl groups is 2. The molecule has 5 N–H and O–H groups in total. The van der Waals surface area contributed by atoms with Gasteiger partial charge in [-0.05, 0) is 18.1 Å². The van der Waals surface area contributed by atoms with Crippen LogP contribution in [0.5, 0.6) is 0 Å². The zero-order valence-electron chi connectivity index (χ0n) is 25.4. The average Bonchev–Trinajstić information content (AvgIpc) is 3.86. The number of benzene rings is 2. The Labute approximate surface area is 264 Å². The summed E-state index contributed by atoms with van der Waals surface area (Å²) in [6.07, 6.45) is 1.48. The van der Waals surface area contributed by atoms with Crippen LogP contribution < -0.4 is 10.6 Å². The van der Waals surface area contributed by atoms with Crippen LogP contribution in [0, 0.1) is 6.92 Å². The number of imidazole rings is 2. The number of aliphatic hydroxyl groups excluding tert-OH is 2. The smallest absolute Gasteiger partial charge is 0.226 e. The summed E-state index contributed by atoms with van der Waals surface area (Å²) >= 11 is 0. The molecule has 4 aromatic heterocycles. The van der Waals surface area contributed by atoms with Crippen LogP contribution in [0.25, 0.3) is 11.2 Å². The SMILES string of the molecule is Cc1nc([C@H]2O[C@@H](n3cnc4c(NCC(c5ccccc5)c5ccccc5)nc(NCCc5cn(C)cn5)nc43)[C@H](O)[C@@H]2O)n[nH]1. The number of anilines is 2. The van der Waals surface area contributed by atoms with Crippen molar-refractivity contribution in [2.75, 3.05) is 23.7 Å². The molecule has 5 heterocycles. The van der Waals surface area contributed by atoms with E-state index < -0.39 is 24.5 Å². The summed E-state index contributed by atoms with van der Waals surface area (Å²) in [5.41, 5.74) is 4.19. The van der Waals surface area contributed by atoms with Crippen LogP contribution in [0.15, 0.2) is 79.5 Å². The zero-order valence-corrected chi connectivity index (χ0v) is 25.4. The Morgan fingerprint density at radius 3 is 2.30 bits per heavy atom. The standard InChI is InChI=1S/C32H35N11O3/c1-19-37-29(41-40-19)27-25(44)26(45)31(46-27)43-18-36-24-28(38-32(39-30(24)43)33-14-13-22-16-42(2)17-35-22)34-15-23(20-9-5-3-6-10-20)21-11-7-4-8-12-21/h3-12,16-18,23,25-27,31,44-45H,13-15H2,1-2H3,(H,37,40,41)(H2,33,34,38,39)/t25-,26+,27-,31+/m0/s1. The van der Waals surface area contributed by atoms with Gasteiger partial charge in [0.2, 0.25) is 5.95 Å². The van der Waals surface area contributed by atoms with Crippen LogP contribution in [0.4, 0.5) is 11.8 Å². The molecule has 46 heavy (non-hydrogen) atoms. The third-order valence-electron chi connectivity index (χ3n) is 8.10. The lowest BCUT2D eigenvalue weighted by Gasteiger charge is -2.20. The van der Waals surface area contributed by atoms with E-state index in [-0.39, 0.29) is 11.7 Å². The van der Waals surface area contributed by atoms with Gasteiger partial charge in [-0.25, -0.2) is 15.0 Å². The lowest BCUT2D eigenvalue weighted by molar-refractivity contribution is -0.0382. The van der Waals surface area contributed by atoms with Gasteiger partial charge in [0.15, 0.2) is 35.1 Å². The van der Waals surface area contributed by atoms with Gasteiger partial charge in [-0.15, -0.1) is 0 Å². The molecule has 1 aliphatic heterocycles. The van der Waals surface area contributed by atoms with Gasteiger partial charge in [-0.1, -0.05) is 60.7 Å². The van der Waals surface area contributed by atoms with Crippen molar-refractivity contribution in [1.82, 2.24) is 44.3 Å². The minimum absolute atomic E-state index is 0.0377. The Morgan fingerprint density at radius 1 is 0.913 bits per heavy atom. The first-order valence-electron chi connectivity index (χ1n) is 15.1. The number of hydrogen-bond donors (Lipinski definition) is 5. The molecule has 0 spiro atoms. The summed E-state index contributed by atoms with van der Waals surface area (Å²) in [4.78, 5) is 23.0. The number of fused-ring (bicyclic) bond motifs is 1. The number of rotatable bonds is 11. The van der Waals surface area contributed by atoms with Gasteiger partial charge in [0.1, 0.15) is 18.0 Å². The number of ether oxygens (including phenoxy) is 1. The molecule has 14 nitrogen and oxygen atoms in total. The predicted octanol–water partition coefficient (Wildman–Crippen LogP) is 2.88. The maximum absolute atomic E-state index is 11.1. The first kappa shape index (κ1) is 29.5. The molecule has 0 unspecified atom stereocenters. The minimum Gasteiger partial charge on any atom is -0.387 e. The summed E-state index contributed by atoms with van der Waals surface area (Å²) in [5.74, 6) is 1.77. The highest BCUT2D eigenvalue weighted by Crippen LogP contribution is 2.39. The molecule has 0 radical (unpaired) electrons. The van der Waals surface area contributed by atoms with Crippen molar-refractivity contribution in [3.05, 3.63) is 108 Å². The van der Waals surface area contributed by atoms with Crippen molar-refractivity contribution in [3.63, 3.8) is 0 Å². The molecule has 1 saturated heterocycles. The van der Waals surface area contributed by atoms with E-state index in [4.69, 9.17) is 14.7 Å². The molecular formula is C32H35N11O3. The number of nitrogens with one attached hydrogen (secondary N) is 3. The molecule has 2 aromatic carbocycles. The van der Waals surface area contributed by atoms with Crippen molar-refractivity contribution in [2.24, 2.45) is 7.05 Å². The summed E-state index contributed by atoms with van der Waals surface area (Å²) in [7, 11) is 1.93. The number of aromatic amines is 1. The van der Waals surface area contributed by atoms with Crippen LogP contribution in [-0.2, 0) is 18.2 Å². The molecular weight excluding hydrogens is 586 g/mol. The Morgan fingerprint density at radius 2 is 1.65 bits per heavy atom. The third-order valence-corrected chi connectivity index (χ3v) is 8.10. The summed E-state index contributed by atoms with van der Waals surface area (Å²) in [5, 5.41) is 35.7. The van der Waals surface area contributed by atoms with E-state index in [1.54, 1.807) is 24.1 Å². The van der Waals surface area contributed by atoms with E-state index in [0.717, 1.165) is 16.8 Å². The second-order valence-corrected chi connectivity index (χ2v) is 11.4. The first-order chi connectivity index (χ1) is 22.4. The largest absolute Gasteiger partial charge is 0.387 e. The van der Waals surface area contributed by atoms with E-state index in [0.29, 0.717) is 48.3 Å². The second-order valence-electron chi connectivity index (χ2n) is 11.4. The molecule has 1 aliphatic rings. The normalized spacial score (nSPS) is 19.7. The van der Waals surface area contributed by atoms with Gasteiger partial charge in [0, 0.05) is 38.7 Å². The second kappa shape index (κ2) is 12.7. The monoisotopic (exact) mass is 621 g/mol. The van der Waals surface area contributed by atoms with Crippen molar-refractivity contribution in [1.29, 1.82) is 0 Å². The number of aromatic nitrogens is 9. The van der Waals surface area contributed by atoms with Crippen molar-refractivity contribution in [2.45, 2.75) is 43.8 Å². The first-order valence-corrected chi connectivity index (χ1v) is 15.1.